The van der Waals surface area contributed by atoms with Crippen LogP contribution in [-0.2, 0) is 0 Å². The van der Waals surface area contributed by atoms with E-state index in [2.05, 4.69) is 37.6 Å². The maximum Gasteiger partial charge on any atom is 0.0307 e. The van der Waals surface area contributed by atoms with E-state index in [0.717, 1.165) is 25.6 Å². The van der Waals surface area contributed by atoms with Crippen LogP contribution in [0.25, 0.3) is 0 Å². The maximum absolute atomic E-state index is 6.08. The maximum atomic E-state index is 6.08. The summed E-state index contributed by atoms with van der Waals surface area (Å²) in [4.78, 5) is 5.11. The first kappa shape index (κ1) is 13.3. The Labute approximate surface area is 106 Å². The van der Waals surface area contributed by atoms with Crippen molar-refractivity contribution >= 4 is 0 Å². The van der Waals surface area contributed by atoms with Crippen LogP contribution in [-0.4, -0.2) is 54.1 Å². The van der Waals surface area contributed by atoms with Crippen LogP contribution in [0.5, 0.6) is 0 Å². The Morgan fingerprint density at radius 2 is 1.94 bits per heavy atom. The summed E-state index contributed by atoms with van der Waals surface area (Å²) in [7, 11) is 2.23. The highest BCUT2D eigenvalue weighted by Gasteiger charge is 2.41. The molecule has 0 aromatic heterocycles. The van der Waals surface area contributed by atoms with Gasteiger partial charge in [-0.25, -0.2) is 0 Å². The fourth-order valence-corrected chi connectivity index (χ4v) is 2.99. The van der Waals surface area contributed by atoms with E-state index in [0.29, 0.717) is 0 Å². The lowest BCUT2D eigenvalue weighted by Crippen LogP contribution is -2.65. The van der Waals surface area contributed by atoms with Crippen molar-refractivity contribution in [3.05, 3.63) is 0 Å². The Morgan fingerprint density at radius 1 is 1.29 bits per heavy atom. The first-order chi connectivity index (χ1) is 7.87. The topological polar surface area (TPSA) is 32.5 Å². The molecule has 0 aromatic carbocycles. The molecule has 1 unspecified atom stereocenters. The molecule has 0 radical (unpaired) electrons. The molecule has 3 heteroatoms. The smallest absolute Gasteiger partial charge is 0.0307 e. The van der Waals surface area contributed by atoms with Crippen LogP contribution in [0.4, 0.5) is 0 Å². The number of nitrogens with zero attached hydrogens (tertiary/aromatic N) is 2. The van der Waals surface area contributed by atoms with E-state index < -0.39 is 0 Å². The van der Waals surface area contributed by atoms with Crippen LogP contribution in [0, 0.1) is 5.92 Å². The summed E-state index contributed by atoms with van der Waals surface area (Å²) in [6.45, 7) is 11.3. The highest BCUT2D eigenvalue weighted by atomic mass is 15.3. The van der Waals surface area contributed by atoms with Gasteiger partial charge in [0.2, 0.25) is 0 Å². The average molecular weight is 239 g/mol. The van der Waals surface area contributed by atoms with Crippen molar-refractivity contribution < 1.29 is 0 Å². The lowest BCUT2D eigenvalue weighted by Gasteiger charge is -2.52. The molecule has 2 aliphatic rings. The summed E-state index contributed by atoms with van der Waals surface area (Å²) >= 11 is 0. The quantitative estimate of drug-likeness (QED) is 0.807. The van der Waals surface area contributed by atoms with Gasteiger partial charge in [0, 0.05) is 37.3 Å². The molecule has 0 spiro atoms. The summed E-state index contributed by atoms with van der Waals surface area (Å²) in [6, 6.07) is 0. The van der Waals surface area contributed by atoms with Crippen LogP contribution >= 0.6 is 0 Å². The predicted octanol–water partition coefficient (Wildman–Crippen LogP) is 1.53. The van der Waals surface area contributed by atoms with Crippen molar-refractivity contribution in [3.8, 4) is 0 Å². The highest BCUT2D eigenvalue weighted by Crippen LogP contribution is 2.39. The SMILES string of the molecule is CN1CCN(C(C)(CN)CC2CC2)CC1(C)C. The number of nitrogens with two attached hydrogens (primary N) is 1. The number of piperazine rings is 1. The normalized spacial score (nSPS) is 30.2. The second-order valence-corrected chi connectivity index (χ2v) is 7.00. The molecule has 0 aromatic rings. The fourth-order valence-electron chi connectivity index (χ4n) is 2.99. The molecule has 3 nitrogen and oxygen atoms in total. The van der Waals surface area contributed by atoms with Crippen molar-refractivity contribution in [2.75, 3.05) is 33.2 Å². The molecule has 1 atom stereocenters. The molecular formula is C14H29N3. The van der Waals surface area contributed by atoms with E-state index in [4.69, 9.17) is 5.73 Å². The van der Waals surface area contributed by atoms with Gasteiger partial charge in [-0.1, -0.05) is 12.8 Å². The third-order valence-corrected chi connectivity index (χ3v) is 4.95. The van der Waals surface area contributed by atoms with Crippen LogP contribution in [0.1, 0.15) is 40.0 Å². The second kappa shape index (κ2) is 4.52. The molecule has 2 N–H and O–H groups in total. The largest absolute Gasteiger partial charge is 0.329 e. The van der Waals surface area contributed by atoms with Gasteiger partial charge in [0.15, 0.2) is 0 Å². The lowest BCUT2D eigenvalue weighted by atomic mass is 9.88. The number of rotatable bonds is 4. The molecule has 1 aliphatic heterocycles. The molecule has 0 amide bonds. The third kappa shape index (κ3) is 2.83. The molecule has 100 valence electrons. The van der Waals surface area contributed by atoms with Gasteiger partial charge in [-0.05, 0) is 40.2 Å². The van der Waals surface area contributed by atoms with Gasteiger partial charge in [0.05, 0.1) is 0 Å². The van der Waals surface area contributed by atoms with E-state index in [9.17, 15) is 0 Å². The van der Waals surface area contributed by atoms with Gasteiger partial charge in [-0.2, -0.15) is 0 Å². The Morgan fingerprint density at radius 3 is 2.41 bits per heavy atom. The van der Waals surface area contributed by atoms with Crippen LogP contribution < -0.4 is 5.73 Å². The summed E-state index contributed by atoms with van der Waals surface area (Å²) in [5.74, 6) is 0.950. The van der Waals surface area contributed by atoms with Gasteiger partial charge < -0.3 is 5.73 Å². The van der Waals surface area contributed by atoms with E-state index in [-0.39, 0.29) is 11.1 Å². The Hall–Kier alpha value is -0.120. The monoisotopic (exact) mass is 239 g/mol. The van der Waals surface area contributed by atoms with Gasteiger partial charge in [0.25, 0.3) is 0 Å². The Balaban J connectivity index is 2.04. The van der Waals surface area contributed by atoms with Crippen molar-refractivity contribution in [3.63, 3.8) is 0 Å². The standard InChI is InChI=1S/C14H29N3/c1-13(2)11-17(8-7-16(13)4)14(3,10-15)9-12-5-6-12/h12H,5-11,15H2,1-4H3. The average Bonchev–Trinajstić information content (AvgIpc) is 3.05. The van der Waals surface area contributed by atoms with E-state index in [1.165, 1.54) is 25.8 Å². The molecule has 1 aliphatic carbocycles. The summed E-state index contributed by atoms with van der Waals surface area (Å²) < 4.78 is 0. The van der Waals surface area contributed by atoms with E-state index in [1.54, 1.807) is 0 Å². The second-order valence-electron chi connectivity index (χ2n) is 7.00. The van der Waals surface area contributed by atoms with E-state index >= 15 is 0 Å². The zero-order valence-electron chi connectivity index (χ0n) is 12.0. The molecular weight excluding hydrogens is 210 g/mol. The van der Waals surface area contributed by atoms with Crippen LogP contribution in [0.2, 0.25) is 0 Å². The molecule has 1 saturated heterocycles. The van der Waals surface area contributed by atoms with Gasteiger partial charge in [-0.15, -0.1) is 0 Å². The van der Waals surface area contributed by atoms with Crippen molar-refractivity contribution in [2.45, 2.75) is 51.1 Å². The molecule has 0 bridgehead atoms. The fraction of sp³-hybridized carbons (Fsp3) is 1.00. The van der Waals surface area contributed by atoms with Crippen LogP contribution in [0.15, 0.2) is 0 Å². The molecule has 1 heterocycles. The predicted molar refractivity (Wildman–Crippen MR) is 73.1 cm³/mol. The summed E-state index contributed by atoms with van der Waals surface area (Å²) in [5.41, 5.74) is 6.58. The minimum atomic E-state index is 0.222. The minimum Gasteiger partial charge on any atom is -0.329 e. The highest BCUT2D eigenvalue weighted by molar-refractivity contribution is 4.99. The first-order valence-electron chi connectivity index (χ1n) is 7.04. The molecule has 1 saturated carbocycles. The van der Waals surface area contributed by atoms with Crippen LogP contribution in [0.3, 0.4) is 0 Å². The zero-order chi connectivity index (χ0) is 12.7. The van der Waals surface area contributed by atoms with Crippen molar-refractivity contribution in [1.29, 1.82) is 0 Å². The van der Waals surface area contributed by atoms with Gasteiger partial charge >= 0.3 is 0 Å². The van der Waals surface area contributed by atoms with Crippen molar-refractivity contribution in [1.82, 2.24) is 9.80 Å². The zero-order valence-corrected chi connectivity index (χ0v) is 12.0. The van der Waals surface area contributed by atoms with E-state index in [1.807, 2.05) is 0 Å². The first-order valence-corrected chi connectivity index (χ1v) is 7.04. The minimum absolute atomic E-state index is 0.222. The Kier molecular flexibility index (Phi) is 3.54. The number of hydrogen-bond acceptors (Lipinski definition) is 3. The Bertz CT molecular complexity index is 273. The molecule has 2 fully saturated rings. The van der Waals surface area contributed by atoms with Gasteiger partial charge in [0.1, 0.15) is 0 Å². The third-order valence-electron chi connectivity index (χ3n) is 4.95. The number of hydrogen-bond donors (Lipinski definition) is 1. The van der Waals surface area contributed by atoms with Gasteiger partial charge in [-0.3, -0.25) is 9.80 Å². The summed E-state index contributed by atoms with van der Waals surface area (Å²) in [6.07, 6.45) is 4.14. The van der Waals surface area contributed by atoms with Crippen molar-refractivity contribution in [2.24, 2.45) is 11.7 Å². The lowest BCUT2D eigenvalue weighted by molar-refractivity contribution is -0.0203. The molecule has 2 rings (SSSR count). The summed E-state index contributed by atoms with van der Waals surface area (Å²) in [5, 5.41) is 0. The molecule has 17 heavy (non-hydrogen) atoms. The number of likely N-dealkylation sites (N-methyl/N-ethyl adjacent to an activating group) is 1.